The maximum Gasteiger partial charge on any atom is 0.325 e. The van der Waals surface area contributed by atoms with Gasteiger partial charge in [0.15, 0.2) is 11.5 Å². The number of unbranched alkanes of at least 4 members (excludes halogenated alkanes) is 1. The molecule has 8 heteroatoms. The Bertz CT molecular complexity index is 1020. The molecule has 8 nitrogen and oxygen atoms in total. The SMILES string of the molecule is CCCCOc1ccc(CNC(=O)CN2C(=O)NC(C)(c3ccc(C)cc3)C2=O)cc1OC. The molecule has 0 spiro atoms. The zero-order valence-electron chi connectivity index (χ0n) is 19.6. The third-order valence-electron chi connectivity index (χ3n) is 5.68. The van der Waals surface area contributed by atoms with Crippen LogP contribution in [0, 0.1) is 6.92 Å². The number of benzene rings is 2. The number of ether oxygens (including phenoxy) is 2. The molecule has 1 saturated heterocycles. The van der Waals surface area contributed by atoms with Crippen molar-refractivity contribution in [3.05, 3.63) is 59.2 Å². The molecule has 4 amide bonds. The molecular formula is C25H31N3O5. The molecule has 33 heavy (non-hydrogen) atoms. The molecule has 1 heterocycles. The Morgan fingerprint density at radius 1 is 1.12 bits per heavy atom. The number of rotatable bonds is 10. The highest BCUT2D eigenvalue weighted by molar-refractivity contribution is 6.09. The van der Waals surface area contributed by atoms with Crippen molar-refractivity contribution < 1.29 is 23.9 Å². The lowest BCUT2D eigenvalue weighted by molar-refractivity contribution is -0.134. The van der Waals surface area contributed by atoms with E-state index in [0.717, 1.165) is 28.9 Å². The van der Waals surface area contributed by atoms with Crippen molar-refractivity contribution in [2.75, 3.05) is 20.3 Å². The molecule has 2 aromatic rings. The lowest BCUT2D eigenvalue weighted by Gasteiger charge is -2.22. The van der Waals surface area contributed by atoms with Gasteiger partial charge in [-0.25, -0.2) is 4.79 Å². The Morgan fingerprint density at radius 2 is 1.85 bits per heavy atom. The summed E-state index contributed by atoms with van der Waals surface area (Å²) in [6.07, 6.45) is 1.99. The largest absolute Gasteiger partial charge is 0.493 e. The number of aryl methyl sites for hydroxylation is 1. The van der Waals surface area contributed by atoms with Crippen LogP contribution in [-0.4, -0.2) is 43.0 Å². The van der Waals surface area contributed by atoms with Gasteiger partial charge in [0.2, 0.25) is 5.91 Å². The number of amides is 4. The zero-order chi connectivity index (χ0) is 24.0. The van der Waals surface area contributed by atoms with Gasteiger partial charge in [0, 0.05) is 6.54 Å². The average molecular weight is 454 g/mol. The number of hydrogen-bond acceptors (Lipinski definition) is 5. The van der Waals surface area contributed by atoms with Crippen LogP contribution in [0.5, 0.6) is 11.5 Å². The highest BCUT2D eigenvalue weighted by Gasteiger charge is 2.49. The van der Waals surface area contributed by atoms with Crippen LogP contribution in [0.4, 0.5) is 4.79 Å². The van der Waals surface area contributed by atoms with Gasteiger partial charge in [-0.15, -0.1) is 0 Å². The van der Waals surface area contributed by atoms with E-state index in [4.69, 9.17) is 9.47 Å². The number of nitrogens with one attached hydrogen (secondary N) is 2. The Kier molecular flexibility index (Phi) is 7.58. The van der Waals surface area contributed by atoms with E-state index in [0.29, 0.717) is 23.7 Å². The molecule has 3 rings (SSSR count). The number of carbonyl (C=O) groups is 3. The molecule has 2 N–H and O–H groups in total. The number of nitrogens with zero attached hydrogens (tertiary/aromatic N) is 1. The van der Waals surface area contributed by atoms with E-state index < -0.39 is 23.4 Å². The van der Waals surface area contributed by atoms with Crippen LogP contribution in [0.1, 0.15) is 43.4 Å². The standard InChI is InChI=1S/C25H31N3O5/c1-5-6-13-33-20-12-9-18(14-21(20)32-4)15-26-22(29)16-28-23(30)25(3,27-24(28)31)19-10-7-17(2)8-11-19/h7-12,14H,5-6,13,15-16H2,1-4H3,(H,26,29)(H,27,31). The van der Waals surface area contributed by atoms with Crippen molar-refractivity contribution in [3.63, 3.8) is 0 Å². The first-order valence-electron chi connectivity index (χ1n) is 11.1. The van der Waals surface area contributed by atoms with Gasteiger partial charge in [-0.1, -0.05) is 49.2 Å². The zero-order valence-corrected chi connectivity index (χ0v) is 19.6. The summed E-state index contributed by atoms with van der Waals surface area (Å²) < 4.78 is 11.1. The summed E-state index contributed by atoms with van der Waals surface area (Å²) in [5.74, 6) is 0.340. The Labute approximate surface area is 194 Å². The van der Waals surface area contributed by atoms with Crippen molar-refractivity contribution in [2.45, 2.75) is 45.7 Å². The summed E-state index contributed by atoms with van der Waals surface area (Å²) in [5, 5.41) is 5.47. The van der Waals surface area contributed by atoms with E-state index in [-0.39, 0.29) is 13.1 Å². The third-order valence-corrected chi connectivity index (χ3v) is 5.68. The predicted octanol–water partition coefficient (Wildman–Crippen LogP) is 3.27. The second-order valence-electron chi connectivity index (χ2n) is 8.28. The van der Waals surface area contributed by atoms with Crippen LogP contribution in [0.2, 0.25) is 0 Å². The summed E-state index contributed by atoms with van der Waals surface area (Å²) in [6, 6.07) is 12.2. The summed E-state index contributed by atoms with van der Waals surface area (Å²) in [7, 11) is 1.56. The molecule has 2 aromatic carbocycles. The fourth-order valence-corrected chi connectivity index (χ4v) is 3.59. The lowest BCUT2D eigenvalue weighted by atomic mass is 9.91. The summed E-state index contributed by atoms with van der Waals surface area (Å²) >= 11 is 0. The van der Waals surface area contributed by atoms with E-state index >= 15 is 0 Å². The first-order valence-corrected chi connectivity index (χ1v) is 11.1. The minimum absolute atomic E-state index is 0.226. The Balaban J connectivity index is 1.60. The lowest BCUT2D eigenvalue weighted by Crippen LogP contribution is -2.43. The van der Waals surface area contributed by atoms with Crippen LogP contribution in [0.25, 0.3) is 0 Å². The maximum atomic E-state index is 13.0. The van der Waals surface area contributed by atoms with Crippen LogP contribution >= 0.6 is 0 Å². The van der Waals surface area contributed by atoms with Crippen LogP contribution < -0.4 is 20.1 Å². The molecule has 176 valence electrons. The third kappa shape index (κ3) is 5.45. The van der Waals surface area contributed by atoms with Crippen molar-refractivity contribution in [2.24, 2.45) is 0 Å². The van der Waals surface area contributed by atoms with Gasteiger partial charge in [-0.3, -0.25) is 14.5 Å². The highest BCUT2D eigenvalue weighted by Crippen LogP contribution is 2.29. The summed E-state index contributed by atoms with van der Waals surface area (Å²) in [4.78, 5) is 38.9. The number of urea groups is 1. The molecule has 0 aromatic heterocycles. The molecule has 1 unspecified atom stereocenters. The first kappa shape index (κ1) is 24.1. The second kappa shape index (κ2) is 10.4. The number of hydrogen-bond donors (Lipinski definition) is 2. The maximum absolute atomic E-state index is 13.0. The Morgan fingerprint density at radius 3 is 2.52 bits per heavy atom. The molecule has 1 atom stereocenters. The normalized spacial score (nSPS) is 17.6. The fraction of sp³-hybridized carbons (Fsp3) is 0.400. The van der Waals surface area contributed by atoms with Gasteiger partial charge in [0.1, 0.15) is 12.1 Å². The van der Waals surface area contributed by atoms with Crippen LogP contribution in [-0.2, 0) is 21.7 Å². The van der Waals surface area contributed by atoms with E-state index in [1.165, 1.54) is 0 Å². The molecule has 1 aliphatic rings. The molecule has 1 fully saturated rings. The predicted molar refractivity (Wildman–Crippen MR) is 124 cm³/mol. The smallest absolute Gasteiger partial charge is 0.325 e. The average Bonchev–Trinajstić information content (AvgIpc) is 3.02. The van der Waals surface area contributed by atoms with Crippen LogP contribution in [0.15, 0.2) is 42.5 Å². The number of imide groups is 1. The highest BCUT2D eigenvalue weighted by atomic mass is 16.5. The van der Waals surface area contributed by atoms with Crippen molar-refractivity contribution in [1.82, 2.24) is 15.5 Å². The van der Waals surface area contributed by atoms with Gasteiger partial charge in [-0.2, -0.15) is 0 Å². The topological polar surface area (TPSA) is 97.0 Å². The molecular weight excluding hydrogens is 422 g/mol. The quantitative estimate of drug-likeness (QED) is 0.425. The van der Waals surface area contributed by atoms with E-state index in [1.807, 2.05) is 25.1 Å². The van der Waals surface area contributed by atoms with Crippen LogP contribution in [0.3, 0.4) is 0 Å². The second-order valence-corrected chi connectivity index (χ2v) is 8.28. The summed E-state index contributed by atoms with van der Waals surface area (Å²) in [6.45, 7) is 6.16. The van der Waals surface area contributed by atoms with Gasteiger partial charge >= 0.3 is 6.03 Å². The van der Waals surface area contributed by atoms with Gasteiger partial charge < -0.3 is 20.1 Å². The minimum atomic E-state index is -1.20. The van der Waals surface area contributed by atoms with E-state index in [9.17, 15) is 14.4 Å². The van der Waals surface area contributed by atoms with E-state index in [2.05, 4.69) is 17.6 Å². The molecule has 1 aliphatic heterocycles. The van der Waals surface area contributed by atoms with Crippen molar-refractivity contribution in [3.8, 4) is 11.5 Å². The molecule has 0 aliphatic carbocycles. The Hall–Kier alpha value is -3.55. The molecule has 0 radical (unpaired) electrons. The minimum Gasteiger partial charge on any atom is -0.493 e. The van der Waals surface area contributed by atoms with Gasteiger partial charge in [0.25, 0.3) is 5.91 Å². The van der Waals surface area contributed by atoms with Gasteiger partial charge in [0.05, 0.1) is 13.7 Å². The first-order chi connectivity index (χ1) is 15.8. The number of carbonyl (C=O) groups excluding carboxylic acids is 3. The monoisotopic (exact) mass is 453 g/mol. The molecule has 0 saturated carbocycles. The van der Waals surface area contributed by atoms with Crippen molar-refractivity contribution in [1.29, 1.82) is 0 Å². The molecule has 0 bridgehead atoms. The number of methoxy groups -OCH3 is 1. The fourth-order valence-electron chi connectivity index (χ4n) is 3.59. The van der Waals surface area contributed by atoms with Gasteiger partial charge in [-0.05, 0) is 43.5 Å². The van der Waals surface area contributed by atoms with Crippen molar-refractivity contribution >= 4 is 17.8 Å². The van der Waals surface area contributed by atoms with E-state index in [1.54, 1.807) is 38.3 Å². The summed E-state index contributed by atoms with van der Waals surface area (Å²) in [5.41, 5.74) is 1.33.